The lowest BCUT2D eigenvalue weighted by Gasteiger charge is -2.32. The fourth-order valence-electron chi connectivity index (χ4n) is 2.19. The highest BCUT2D eigenvalue weighted by Gasteiger charge is 2.48. The van der Waals surface area contributed by atoms with E-state index in [0.29, 0.717) is 18.9 Å². The Labute approximate surface area is 130 Å². The Balaban J connectivity index is 2.64. The molecule has 0 radical (unpaired) electrons. The molecule has 1 aliphatic rings. The van der Waals surface area contributed by atoms with Crippen molar-refractivity contribution in [3.05, 3.63) is 28.2 Å². The first-order valence-electron chi connectivity index (χ1n) is 6.21. The smallest absolute Gasteiger partial charge is 0.207 e. The molecule has 0 atom stereocenters. The normalized spacial score (nSPS) is 16.0. The first-order chi connectivity index (χ1) is 9.61. The van der Waals surface area contributed by atoms with Gasteiger partial charge < -0.3 is 0 Å². The number of hydrogen-bond acceptors (Lipinski definition) is 3. The molecule has 114 valence electrons. The van der Waals surface area contributed by atoms with Gasteiger partial charge in [0.15, 0.2) is 0 Å². The van der Waals surface area contributed by atoms with Gasteiger partial charge in [-0.3, -0.25) is 0 Å². The van der Waals surface area contributed by atoms with Gasteiger partial charge in [0.25, 0.3) is 0 Å². The first kappa shape index (κ1) is 16.3. The highest BCUT2D eigenvalue weighted by molar-refractivity contribution is 9.10. The number of halogens is 3. The van der Waals surface area contributed by atoms with Crippen LogP contribution in [-0.4, -0.2) is 24.3 Å². The minimum Gasteiger partial charge on any atom is -0.207 e. The monoisotopic (exact) mass is 378 g/mol. The molecule has 0 spiro atoms. The second-order valence-electron chi connectivity index (χ2n) is 5.40. The van der Waals surface area contributed by atoms with Crippen molar-refractivity contribution in [3.63, 3.8) is 0 Å². The van der Waals surface area contributed by atoms with Crippen LogP contribution in [0.2, 0.25) is 0 Å². The summed E-state index contributed by atoms with van der Waals surface area (Å²) in [5.41, 5.74) is -1.32. The van der Waals surface area contributed by atoms with Gasteiger partial charge in [0.1, 0.15) is 22.1 Å². The highest BCUT2D eigenvalue weighted by atomic mass is 79.9. The molecule has 0 saturated heterocycles. The van der Waals surface area contributed by atoms with E-state index in [0.717, 1.165) is 10.4 Å². The summed E-state index contributed by atoms with van der Waals surface area (Å²) in [6.07, 6.45) is 1.23. The average Bonchev–Trinajstić information content (AvgIpc) is 3.10. The molecule has 0 aromatic heterocycles. The van der Waals surface area contributed by atoms with Crippen molar-refractivity contribution in [2.75, 3.05) is 0 Å². The SMILES string of the molecule is CC(C)(C#N)N(C1CC1)S(=O)(=O)c1c(F)cc(F)cc1Br. The molecule has 4 nitrogen and oxygen atoms in total. The quantitative estimate of drug-likeness (QED) is 0.808. The number of hydrogen-bond donors (Lipinski definition) is 0. The molecule has 1 fully saturated rings. The summed E-state index contributed by atoms with van der Waals surface area (Å²) in [4.78, 5) is -0.640. The highest BCUT2D eigenvalue weighted by Crippen LogP contribution is 2.40. The van der Waals surface area contributed by atoms with Crippen LogP contribution in [0, 0.1) is 23.0 Å². The van der Waals surface area contributed by atoms with Crippen molar-refractivity contribution in [2.24, 2.45) is 0 Å². The van der Waals surface area contributed by atoms with E-state index >= 15 is 0 Å². The molecular formula is C13H13BrF2N2O2S. The average molecular weight is 379 g/mol. The molecule has 0 aliphatic heterocycles. The van der Waals surface area contributed by atoms with Crippen LogP contribution in [0.1, 0.15) is 26.7 Å². The third-order valence-corrected chi connectivity index (χ3v) is 6.27. The molecule has 0 amide bonds. The molecule has 1 aliphatic carbocycles. The largest absolute Gasteiger partial charge is 0.248 e. The van der Waals surface area contributed by atoms with Crippen LogP contribution in [0.3, 0.4) is 0 Å². The van der Waals surface area contributed by atoms with E-state index < -0.39 is 32.1 Å². The van der Waals surface area contributed by atoms with Crippen LogP contribution in [0.25, 0.3) is 0 Å². The number of benzene rings is 1. The zero-order chi connectivity index (χ0) is 16.0. The third kappa shape index (κ3) is 2.96. The Morgan fingerprint density at radius 3 is 2.38 bits per heavy atom. The van der Waals surface area contributed by atoms with Crippen molar-refractivity contribution in [2.45, 2.75) is 43.2 Å². The van der Waals surface area contributed by atoms with E-state index in [-0.39, 0.29) is 10.5 Å². The van der Waals surface area contributed by atoms with Gasteiger partial charge in [-0.1, -0.05) is 0 Å². The molecule has 0 N–H and O–H groups in total. The summed E-state index contributed by atoms with van der Waals surface area (Å²) in [5, 5.41) is 9.21. The predicted octanol–water partition coefficient (Wildman–Crippen LogP) is 3.18. The van der Waals surface area contributed by atoms with Crippen molar-refractivity contribution in [1.29, 1.82) is 5.26 Å². The topological polar surface area (TPSA) is 61.2 Å². The maximum Gasteiger partial charge on any atom is 0.248 e. The van der Waals surface area contributed by atoms with E-state index in [9.17, 15) is 22.5 Å². The van der Waals surface area contributed by atoms with Gasteiger partial charge in [0.2, 0.25) is 10.0 Å². The van der Waals surface area contributed by atoms with Crippen LogP contribution < -0.4 is 0 Å². The molecule has 1 aromatic carbocycles. The molecule has 1 saturated carbocycles. The Kier molecular flexibility index (Phi) is 4.12. The minimum atomic E-state index is -4.26. The summed E-state index contributed by atoms with van der Waals surface area (Å²) < 4.78 is 53.5. The van der Waals surface area contributed by atoms with Gasteiger partial charge in [-0.05, 0) is 48.7 Å². The first-order valence-corrected chi connectivity index (χ1v) is 8.45. The second kappa shape index (κ2) is 5.30. The Morgan fingerprint density at radius 1 is 1.38 bits per heavy atom. The van der Waals surface area contributed by atoms with Crippen molar-refractivity contribution in [3.8, 4) is 6.07 Å². The predicted molar refractivity (Wildman–Crippen MR) is 75.8 cm³/mol. The zero-order valence-corrected chi connectivity index (χ0v) is 13.8. The third-order valence-electron chi connectivity index (χ3n) is 3.18. The molecule has 2 rings (SSSR count). The van der Waals surface area contributed by atoms with Crippen LogP contribution in [0.5, 0.6) is 0 Å². The molecule has 0 unspecified atom stereocenters. The second-order valence-corrected chi connectivity index (χ2v) is 8.01. The summed E-state index contributed by atoms with van der Waals surface area (Å²) in [5.74, 6) is -2.06. The summed E-state index contributed by atoms with van der Waals surface area (Å²) >= 11 is 2.89. The van der Waals surface area contributed by atoms with Gasteiger partial charge in [-0.25, -0.2) is 17.2 Å². The van der Waals surface area contributed by atoms with Crippen molar-refractivity contribution in [1.82, 2.24) is 4.31 Å². The summed E-state index contributed by atoms with van der Waals surface area (Å²) in [6, 6.07) is 3.00. The van der Waals surface area contributed by atoms with Crippen LogP contribution in [0.15, 0.2) is 21.5 Å². The lowest BCUT2D eigenvalue weighted by Crippen LogP contribution is -2.48. The van der Waals surface area contributed by atoms with E-state index in [2.05, 4.69) is 15.9 Å². The molecule has 0 heterocycles. The number of nitriles is 1. The molecule has 8 heteroatoms. The van der Waals surface area contributed by atoms with Crippen molar-refractivity contribution >= 4 is 26.0 Å². The molecular weight excluding hydrogens is 366 g/mol. The number of nitrogens with zero attached hydrogens (tertiary/aromatic N) is 2. The van der Waals surface area contributed by atoms with Crippen LogP contribution >= 0.6 is 15.9 Å². The molecule has 21 heavy (non-hydrogen) atoms. The van der Waals surface area contributed by atoms with Crippen molar-refractivity contribution < 1.29 is 17.2 Å². The fraction of sp³-hybridized carbons (Fsp3) is 0.462. The maximum absolute atomic E-state index is 14.0. The van der Waals surface area contributed by atoms with Gasteiger partial charge in [-0.2, -0.15) is 9.57 Å². The standard InChI is InChI=1S/C13H13BrF2N2O2S/c1-13(2,7-17)18(9-3-4-9)21(19,20)12-10(14)5-8(15)6-11(12)16/h5-6,9H,3-4H2,1-2H3. The van der Waals surface area contributed by atoms with Crippen LogP contribution in [-0.2, 0) is 10.0 Å². The Morgan fingerprint density at radius 2 is 1.95 bits per heavy atom. The van der Waals surface area contributed by atoms with E-state index in [1.807, 2.05) is 6.07 Å². The lowest BCUT2D eigenvalue weighted by atomic mass is 10.1. The summed E-state index contributed by atoms with van der Waals surface area (Å²) in [7, 11) is -4.26. The van der Waals surface area contributed by atoms with E-state index in [1.165, 1.54) is 13.8 Å². The van der Waals surface area contributed by atoms with Gasteiger partial charge in [-0.15, -0.1) is 0 Å². The van der Waals surface area contributed by atoms with E-state index in [4.69, 9.17) is 0 Å². The Bertz CT molecular complexity index is 701. The van der Waals surface area contributed by atoms with Crippen LogP contribution in [0.4, 0.5) is 8.78 Å². The summed E-state index contributed by atoms with van der Waals surface area (Å²) in [6.45, 7) is 2.91. The van der Waals surface area contributed by atoms with Gasteiger partial charge in [0.05, 0.1) is 6.07 Å². The number of sulfonamides is 1. The van der Waals surface area contributed by atoms with E-state index in [1.54, 1.807) is 0 Å². The zero-order valence-electron chi connectivity index (χ0n) is 11.4. The maximum atomic E-state index is 14.0. The minimum absolute atomic E-state index is 0.195. The van der Waals surface area contributed by atoms with Gasteiger partial charge >= 0.3 is 0 Å². The van der Waals surface area contributed by atoms with Gasteiger partial charge in [0, 0.05) is 16.6 Å². The molecule has 1 aromatic rings. The Hall–Kier alpha value is -1.04. The lowest BCUT2D eigenvalue weighted by molar-refractivity contribution is 0.279. The number of rotatable bonds is 4. The molecule has 0 bridgehead atoms. The fourth-order valence-corrected chi connectivity index (χ4v) is 5.26.